The lowest BCUT2D eigenvalue weighted by Crippen LogP contribution is -2.37. The smallest absolute Gasteiger partial charge is 0.322 e. The van der Waals surface area contributed by atoms with Crippen LogP contribution in [0.4, 0.5) is 10.5 Å². The molecule has 7 nitrogen and oxygen atoms in total. The summed E-state index contributed by atoms with van der Waals surface area (Å²) in [4.78, 5) is 14.1. The fourth-order valence-corrected chi connectivity index (χ4v) is 2.32. The zero-order chi connectivity index (χ0) is 16.8. The maximum atomic E-state index is 12.6. The number of anilines is 1. The minimum Gasteiger partial charge on any atom is -0.467 e. The molecule has 0 fully saturated rings. The van der Waals surface area contributed by atoms with Gasteiger partial charge in [0.25, 0.3) is 0 Å². The molecule has 3 N–H and O–H groups in total. The van der Waals surface area contributed by atoms with Gasteiger partial charge in [0.15, 0.2) is 0 Å². The van der Waals surface area contributed by atoms with Gasteiger partial charge in [-0.25, -0.2) is 4.79 Å². The van der Waals surface area contributed by atoms with Gasteiger partial charge in [-0.2, -0.15) is 5.10 Å². The number of nitrogens with one attached hydrogen (secondary N) is 2. The zero-order valence-corrected chi connectivity index (χ0v) is 12.9. The van der Waals surface area contributed by atoms with E-state index in [1.165, 1.54) is 17.4 Å². The molecule has 2 amide bonds. The Kier molecular flexibility index (Phi) is 4.93. The number of aliphatic hydroxyl groups is 1. The van der Waals surface area contributed by atoms with E-state index in [0.717, 1.165) is 5.56 Å². The first-order chi connectivity index (χ1) is 11.7. The van der Waals surface area contributed by atoms with Crippen LogP contribution in [0.2, 0.25) is 0 Å². The van der Waals surface area contributed by atoms with E-state index in [9.17, 15) is 9.90 Å². The van der Waals surface area contributed by atoms with Gasteiger partial charge in [0, 0.05) is 12.7 Å². The van der Waals surface area contributed by atoms with Gasteiger partial charge in [0.1, 0.15) is 11.9 Å². The number of hydrogen-bond donors (Lipinski definition) is 3. The lowest BCUT2D eigenvalue weighted by molar-refractivity contribution is 0.105. The fraction of sp³-hybridized carbons (Fsp3) is 0.176. The van der Waals surface area contributed by atoms with Crippen LogP contribution in [-0.2, 0) is 6.54 Å². The molecule has 3 aromatic rings. The minimum absolute atomic E-state index is 0.103. The number of benzene rings is 1. The Bertz CT molecular complexity index is 742. The van der Waals surface area contributed by atoms with Crippen molar-refractivity contribution in [3.63, 3.8) is 0 Å². The Morgan fingerprint density at radius 1 is 1.29 bits per heavy atom. The lowest BCUT2D eigenvalue weighted by atomic mass is 10.2. The van der Waals surface area contributed by atoms with Crippen molar-refractivity contribution in [3.05, 3.63) is 72.4 Å². The molecule has 24 heavy (non-hydrogen) atoms. The summed E-state index contributed by atoms with van der Waals surface area (Å²) >= 11 is 0. The molecule has 0 radical (unpaired) electrons. The van der Waals surface area contributed by atoms with Gasteiger partial charge in [0.05, 0.1) is 24.7 Å². The molecule has 124 valence electrons. The summed E-state index contributed by atoms with van der Waals surface area (Å²) in [5.41, 5.74) is 1.53. The number of aromatic nitrogens is 2. The number of aromatic amines is 1. The van der Waals surface area contributed by atoms with Gasteiger partial charge < -0.3 is 19.7 Å². The highest BCUT2D eigenvalue weighted by molar-refractivity contribution is 5.89. The van der Waals surface area contributed by atoms with Gasteiger partial charge in [-0.15, -0.1) is 0 Å². The molecular formula is C17H18N4O3. The van der Waals surface area contributed by atoms with E-state index in [0.29, 0.717) is 18.0 Å². The van der Waals surface area contributed by atoms with E-state index in [2.05, 4.69) is 15.5 Å². The SMILES string of the molecule is O=C(Nc1cn[nH]c1)N(Cc1ccccc1)C[C@@H](O)c1ccco1. The van der Waals surface area contributed by atoms with Gasteiger partial charge in [-0.1, -0.05) is 30.3 Å². The number of nitrogens with zero attached hydrogens (tertiary/aromatic N) is 2. The predicted octanol–water partition coefficient (Wildman–Crippen LogP) is 2.77. The molecule has 0 aliphatic rings. The van der Waals surface area contributed by atoms with Crippen LogP contribution in [0.25, 0.3) is 0 Å². The summed E-state index contributed by atoms with van der Waals surface area (Å²) in [5.74, 6) is 0.421. The molecule has 3 rings (SSSR count). The van der Waals surface area contributed by atoms with Gasteiger partial charge in [0.2, 0.25) is 0 Å². The second kappa shape index (κ2) is 7.47. The largest absolute Gasteiger partial charge is 0.467 e. The molecule has 7 heteroatoms. The number of rotatable bonds is 6. The molecule has 0 saturated carbocycles. The second-order valence-electron chi connectivity index (χ2n) is 5.31. The first kappa shape index (κ1) is 15.8. The summed E-state index contributed by atoms with van der Waals surface area (Å²) < 4.78 is 5.21. The van der Waals surface area contributed by atoms with E-state index >= 15 is 0 Å². The standard InChI is InChI=1S/C17H18N4O3/c22-15(16-7-4-8-24-16)12-21(11-13-5-2-1-3-6-13)17(23)20-14-9-18-19-10-14/h1-10,15,22H,11-12H2,(H,18,19)(H,20,23)/t15-/m1/s1. The second-order valence-corrected chi connectivity index (χ2v) is 5.31. The van der Waals surface area contributed by atoms with Crippen molar-refractivity contribution in [2.75, 3.05) is 11.9 Å². The van der Waals surface area contributed by atoms with Crippen LogP contribution in [-0.4, -0.2) is 32.8 Å². The number of H-pyrrole nitrogens is 1. The van der Waals surface area contributed by atoms with Crippen molar-refractivity contribution in [2.45, 2.75) is 12.6 Å². The van der Waals surface area contributed by atoms with Crippen molar-refractivity contribution in [1.82, 2.24) is 15.1 Å². The van der Waals surface area contributed by atoms with Crippen molar-refractivity contribution in [1.29, 1.82) is 0 Å². The third-order valence-electron chi connectivity index (χ3n) is 3.52. The maximum Gasteiger partial charge on any atom is 0.322 e. The normalized spacial score (nSPS) is 11.9. The summed E-state index contributed by atoms with van der Waals surface area (Å²) in [6.07, 6.45) is 3.69. The molecule has 0 saturated heterocycles. The van der Waals surface area contributed by atoms with Crippen LogP contribution in [0.1, 0.15) is 17.4 Å². The van der Waals surface area contributed by atoms with Crippen molar-refractivity contribution < 1.29 is 14.3 Å². The van der Waals surface area contributed by atoms with Crippen molar-refractivity contribution in [3.8, 4) is 0 Å². The third kappa shape index (κ3) is 4.02. The Labute approximate surface area is 138 Å². The van der Waals surface area contributed by atoms with Crippen LogP contribution in [0.15, 0.2) is 65.5 Å². The quantitative estimate of drug-likeness (QED) is 0.649. The highest BCUT2D eigenvalue weighted by Crippen LogP contribution is 2.17. The Hall–Kier alpha value is -3.06. The molecule has 0 aliphatic heterocycles. The Morgan fingerprint density at radius 3 is 2.79 bits per heavy atom. The number of amides is 2. The fourth-order valence-electron chi connectivity index (χ4n) is 2.32. The third-order valence-corrected chi connectivity index (χ3v) is 3.52. The maximum absolute atomic E-state index is 12.6. The minimum atomic E-state index is -0.904. The highest BCUT2D eigenvalue weighted by atomic mass is 16.4. The predicted molar refractivity (Wildman–Crippen MR) is 88.1 cm³/mol. The molecule has 0 aliphatic carbocycles. The van der Waals surface area contributed by atoms with Crippen LogP contribution >= 0.6 is 0 Å². The van der Waals surface area contributed by atoms with E-state index in [-0.39, 0.29) is 12.6 Å². The average Bonchev–Trinajstić information content (AvgIpc) is 3.29. The molecule has 1 aromatic carbocycles. The first-order valence-corrected chi connectivity index (χ1v) is 7.52. The molecule has 0 spiro atoms. The number of urea groups is 1. The van der Waals surface area contributed by atoms with Crippen molar-refractivity contribution in [2.24, 2.45) is 0 Å². The lowest BCUT2D eigenvalue weighted by Gasteiger charge is -2.25. The number of aliphatic hydroxyl groups excluding tert-OH is 1. The molecule has 0 bridgehead atoms. The monoisotopic (exact) mass is 326 g/mol. The van der Waals surface area contributed by atoms with Gasteiger partial charge in [-0.3, -0.25) is 5.10 Å². The van der Waals surface area contributed by atoms with E-state index in [4.69, 9.17) is 4.42 Å². The van der Waals surface area contributed by atoms with Crippen LogP contribution in [0, 0.1) is 0 Å². The van der Waals surface area contributed by atoms with E-state index < -0.39 is 6.10 Å². The van der Waals surface area contributed by atoms with Crippen LogP contribution < -0.4 is 5.32 Å². The molecular weight excluding hydrogens is 308 g/mol. The van der Waals surface area contributed by atoms with Gasteiger partial charge >= 0.3 is 6.03 Å². The number of hydrogen-bond acceptors (Lipinski definition) is 4. The molecule has 0 unspecified atom stereocenters. The van der Waals surface area contributed by atoms with Crippen molar-refractivity contribution >= 4 is 11.7 Å². The summed E-state index contributed by atoms with van der Waals surface area (Å²) in [6, 6.07) is 12.6. The topological polar surface area (TPSA) is 94.4 Å². The molecule has 1 atom stereocenters. The Morgan fingerprint density at radius 2 is 2.12 bits per heavy atom. The van der Waals surface area contributed by atoms with Crippen LogP contribution in [0.3, 0.4) is 0 Å². The highest BCUT2D eigenvalue weighted by Gasteiger charge is 2.21. The molecule has 2 aromatic heterocycles. The van der Waals surface area contributed by atoms with Gasteiger partial charge in [-0.05, 0) is 17.7 Å². The molecule has 2 heterocycles. The summed E-state index contributed by atoms with van der Waals surface area (Å²) in [7, 11) is 0. The number of carbonyl (C=O) groups excluding carboxylic acids is 1. The van der Waals surface area contributed by atoms with E-state index in [1.54, 1.807) is 18.3 Å². The summed E-state index contributed by atoms with van der Waals surface area (Å²) in [6.45, 7) is 0.467. The zero-order valence-electron chi connectivity index (χ0n) is 12.9. The number of furan rings is 1. The number of carbonyl (C=O) groups is 1. The first-order valence-electron chi connectivity index (χ1n) is 7.52. The average molecular weight is 326 g/mol. The van der Waals surface area contributed by atoms with Crippen LogP contribution in [0.5, 0.6) is 0 Å². The van der Waals surface area contributed by atoms with E-state index in [1.807, 2.05) is 30.3 Å². The Balaban J connectivity index is 1.73. The summed E-state index contributed by atoms with van der Waals surface area (Å²) in [5, 5.41) is 19.5.